The molecule has 0 aromatic heterocycles. The summed E-state index contributed by atoms with van der Waals surface area (Å²) in [4.78, 5) is 12.1. The molecule has 1 fully saturated rings. The molecule has 3 nitrogen and oxygen atoms in total. The Kier molecular flexibility index (Phi) is 2.74. The molecule has 1 N–H and O–H groups in total. The fourth-order valence-electron chi connectivity index (χ4n) is 1.21. The van der Waals surface area contributed by atoms with Gasteiger partial charge in [-0.05, 0) is 31.0 Å². The molecule has 0 aliphatic carbocycles. The fraction of sp³-hybridized carbons (Fsp3) is 0.300. The number of rotatable bonds is 3. The average Bonchev–Trinajstić information content (AvgIpc) is 2.19. The molecule has 1 aromatic carbocycles. The first-order chi connectivity index (χ1) is 6.77. The Hall–Kier alpha value is -1.00. The third kappa shape index (κ3) is 1.91. The summed E-state index contributed by atoms with van der Waals surface area (Å²) >= 11 is 1.46. The van der Waals surface area contributed by atoms with Crippen LogP contribution in [0.3, 0.4) is 0 Å². The molecule has 14 heavy (non-hydrogen) atoms. The van der Waals surface area contributed by atoms with Crippen molar-refractivity contribution in [3.05, 3.63) is 30.3 Å². The van der Waals surface area contributed by atoms with Gasteiger partial charge in [0.25, 0.3) is 0 Å². The zero-order chi connectivity index (χ0) is 9.97. The number of hydrogen-bond acceptors (Lipinski definition) is 4. The Balaban J connectivity index is 1.86. The largest absolute Gasteiger partial charge is 0.459 e. The van der Waals surface area contributed by atoms with Gasteiger partial charge in [-0.1, -0.05) is 18.2 Å². The van der Waals surface area contributed by atoms with Crippen LogP contribution in [-0.2, 0) is 9.53 Å². The third-order valence-electron chi connectivity index (χ3n) is 2.07. The number of carbonyl (C=O) groups is 1. The van der Waals surface area contributed by atoms with Gasteiger partial charge in [-0.2, -0.15) is 0 Å². The number of benzene rings is 1. The molecule has 0 amide bonds. The van der Waals surface area contributed by atoms with Crippen molar-refractivity contribution in [2.45, 2.75) is 24.0 Å². The molecule has 74 valence electrons. The Morgan fingerprint density at radius 2 is 2.07 bits per heavy atom. The number of nitrogens with one attached hydrogen (secondary N) is 1. The van der Waals surface area contributed by atoms with E-state index in [1.807, 2.05) is 37.3 Å². The van der Waals surface area contributed by atoms with Gasteiger partial charge < -0.3 is 4.74 Å². The zero-order valence-corrected chi connectivity index (χ0v) is 8.58. The van der Waals surface area contributed by atoms with Crippen molar-refractivity contribution in [3.8, 4) is 0 Å². The van der Waals surface area contributed by atoms with E-state index in [0.29, 0.717) is 0 Å². The van der Waals surface area contributed by atoms with Gasteiger partial charge in [-0.3, -0.25) is 4.79 Å². The van der Waals surface area contributed by atoms with Gasteiger partial charge in [0.15, 0.2) is 6.04 Å². The summed E-state index contributed by atoms with van der Waals surface area (Å²) in [5.74, 6) is -0.166. The Morgan fingerprint density at radius 3 is 2.64 bits per heavy atom. The van der Waals surface area contributed by atoms with Gasteiger partial charge >= 0.3 is 5.97 Å². The molecule has 4 heteroatoms. The molecular weight excluding hydrogens is 198 g/mol. The minimum absolute atomic E-state index is 0.0151. The van der Waals surface area contributed by atoms with Crippen LogP contribution in [0.15, 0.2) is 35.2 Å². The number of carbonyl (C=O) groups excluding carboxylic acids is 1. The Labute approximate surface area is 87.0 Å². The zero-order valence-electron chi connectivity index (χ0n) is 7.77. The van der Waals surface area contributed by atoms with Crippen molar-refractivity contribution in [1.82, 2.24) is 4.72 Å². The van der Waals surface area contributed by atoms with E-state index in [0.717, 1.165) is 4.90 Å². The molecule has 1 heterocycles. The molecule has 2 atom stereocenters. The summed E-state index contributed by atoms with van der Waals surface area (Å²) in [5, 5.41) is 0. The van der Waals surface area contributed by atoms with Crippen molar-refractivity contribution in [3.63, 3.8) is 0 Å². The third-order valence-corrected chi connectivity index (χ3v) is 2.95. The second-order valence-corrected chi connectivity index (χ2v) is 4.06. The van der Waals surface area contributed by atoms with E-state index in [2.05, 4.69) is 4.72 Å². The normalized spacial score (nSPS) is 25.4. The van der Waals surface area contributed by atoms with E-state index in [4.69, 9.17) is 4.74 Å². The minimum Gasteiger partial charge on any atom is -0.459 e. The smallest absolute Gasteiger partial charge is 0.328 e. The van der Waals surface area contributed by atoms with E-state index in [1.165, 1.54) is 11.9 Å². The van der Waals surface area contributed by atoms with Crippen LogP contribution in [0.1, 0.15) is 6.92 Å². The van der Waals surface area contributed by atoms with E-state index < -0.39 is 0 Å². The first-order valence-corrected chi connectivity index (χ1v) is 5.27. The van der Waals surface area contributed by atoms with Crippen molar-refractivity contribution in [1.29, 1.82) is 0 Å². The van der Waals surface area contributed by atoms with E-state index in [-0.39, 0.29) is 18.1 Å². The maximum Gasteiger partial charge on any atom is 0.328 e. The summed E-state index contributed by atoms with van der Waals surface area (Å²) in [5.41, 5.74) is 0. The lowest BCUT2D eigenvalue weighted by Gasteiger charge is -2.32. The van der Waals surface area contributed by atoms with Crippen LogP contribution in [0.5, 0.6) is 0 Å². The average molecular weight is 209 g/mol. The van der Waals surface area contributed by atoms with Crippen LogP contribution in [0.2, 0.25) is 0 Å². The molecule has 0 radical (unpaired) electrons. The van der Waals surface area contributed by atoms with Gasteiger partial charge in [0.05, 0.1) is 0 Å². The highest BCUT2D eigenvalue weighted by molar-refractivity contribution is 7.97. The first kappa shape index (κ1) is 9.55. The van der Waals surface area contributed by atoms with Crippen LogP contribution in [0, 0.1) is 0 Å². The van der Waals surface area contributed by atoms with E-state index >= 15 is 0 Å². The van der Waals surface area contributed by atoms with Gasteiger partial charge in [0.2, 0.25) is 0 Å². The van der Waals surface area contributed by atoms with Crippen molar-refractivity contribution >= 4 is 17.9 Å². The van der Waals surface area contributed by atoms with Gasteiger partial charge in [0, 0.05) is 4.90 Å². The molecule has 1 saturated heterocycles. The van der Waals surface area contributed by atoms with Gasteiger partial charge in [-0.15, -0.1) is 0 Å². The first-order valence-electron chi connectivity index (χ1n) is 4.45. The fourth-order valence-corrected chi connectivity index (χ4v) is 2.05. The molecule has 0 saturated carbocycles. The van der Waals surface area contributed by atoms with Crippen LogP contribution in [0.25, 0.3) is 0 Å². The van der Waals surface area contributed by atoms with E-state index in [1.54, 1.807) is 0 Å². The molecule has 0 unspecified atom stereocenters. The molecule has 2 rings (SSSR count). The van der Waals surface area contributed by atoms with Crippen LogP contribution >= 0.6 is 11.9 Å². The molecule has 1 aliphatic heterocycles. The van der Waals surface area contributed by atoms with Gasteiger partial charge in [0.1, 0.15) is 6.10 Å². The predicted octanol–water partition coefficient (Wildman–Crippen LogP) is 1.60. The quantitative estimate of drug-likeness (QED) is 0.606. The highest BCUT2D eigenvalue weighted by Crippen LogP contribution is 2.20. The molecule has 0 bridgehead atoms. The monoisotopic (exact) mass is 209 g/mol. The van der Waals surface area contributed by atoms with Crippen LogP contribution in [0.4, 0.5) is 0 Å². The molecule has 1 aromatic rings. The lowest BCUT2D eigenvalue weighted by molar-refractivity contribution is -0.172. The second-order valence-electron chi connectivity index (χ2n) is 3.15. The summed E-state index contributed by atoms with van der Waals surface area (Å²) in [7, 11) is 0. The van der Waals surface area contributed by atoms with Crippen molar-refractivity contribution in [2.75, 3.05) is 0 Å². The SMILES string of the molecule is C[C@H]1OC(=O)[C@H]1NSc1ccccc1. The number of esters is 1. The summed E-state index contributed by atoms with van der Waals surface area (Å²) in [6, 6.07) is 9.71. The molecular formula is C10H11NO2S. The summed E-state index contributed by atoms with van der Waals surface area (Å²) in [6.07, 6.45) is -0.0151. The number of cyclic esters (lactones) is 1. The predicted molar refractivity (Wildman–Crippen MR) is 54.8 cm³/mol. The van der Waals surface area contributed by atoms with Crippen molar-refractivity contribution < 1.29 is 9.53 Å². The maximum absolute atomic E-state index is 11.0. The maximum atomic E-state index is 11.0. The summed E-state index contributed by atoms with van der Waals surface area (Å²) in [6.45, 7) is 1.88. The van der Waals surface area contributed by atoms with Crippen molar-refractivity contribution in [2.24, 2.45) is 0 Å². The molecule has 0 spiro atoms. The topological polar surface area (TPSA) is 38.3 Å². The lowest BCUT2D eigenvalue weighted by atomic mass is 10.1. The van der Waals surface area contributed by atoms with E-state index in [9.17, 15) is 4.79 Å². The highest BCUT2D eigenvalue weighted by atomic mass is 32.2. The molecule has 1 aliphatic rings. The van der Waals surface area contributed by atoms with Gasteiger partial charge in [-0.25, -0.2) is 4.72 Å². The Morgan fingerprint density at radius 1 is 1.36 bits per heavy atom. The lowest BCUT2D eigenvalue weighted by Crippen LogP contribution is -2.54. The Bertz CT molecular complexity index is 328. The highest BCUT2D eigenvalue weighted by Gasteiger charge is 2.38. The number of ether oxygens (including phenoxy) is 1. The minimum atomic E-state index is -0.166. The number of hydrogen-bond donors (Lipinski definition) is 1. The van der Waals surface area contributed by atoms with Crippen LogP contribution in [-0.4, -0.2) is 18.1 Å². The summed E-state index contributed by atoms with van der Waals surface area (Å²) < 4.78 is 7.90. The standard InChI is InChI=1S/C10H11NO2S/c1-7-9(10(12)13-7)11-14-8-5-3-2-4-6-8/h2-7,9,11H,1H3/t7-,9+/m1/s1. The van der Waals surface area contributed by atoms with Crippen LogP contribution < -0.4 is 4.72 Å². The second kappa shape index (κ2) is 4.02.